The van der Waals surface area contributed by atoms with E-state index < -0.39 is 21.9 Å². The summed E-state index contributed by atoms with van der Waals surface area (Å²) < 4.78 is 26.6. The van der Waals surface area contributed by atoms with Crippen molar-refractivity contribution in [2.45, 2.75) is 18.9 Å². The van der Waals surface area contributed by atoms with Gasteiger partial charge in [0.2, 0.25) is 0 Å². The van der Waals surface area contributed by atoms with E-state index in [2.05, 4.69) is 4.74 Å². The molecule has 0 amide bonds. The van der Waals surface area contributed by atoms with Gasteiger partial charge in [-0.15, -0.1) is 0 Å². The maximum atomic E-state index is 11.1. The molecule has 1 N–H and O–H groups in total. The Morgan fingerprint density at radius 3 is 2.71 bits per heavy atom. The fourth-order valence-corrected chi connectivity index (χ4v) is 3.16. The summed E-state index contributed by atoms with van der Waals surface area (Å²) in [6, 6.07) is 0. The smallest absolute Gasteiger partial charge is 0.305 e. The maximum Gasteiger partial charge on any atom is 0.305 e. The van der Waals surface area contributed by atoms with Gasteiger partial charge in [0.1, 0.15) is 0 Å². The largest absolute Gasteiger partial charge is 0.469 e. The molecule has 0 aromatic rings. The van der Waals surface area contributed by atoms with Gasteiger partial charge in [0.15, 0.2) is 9.84 Å². The molecule has 0 bridgehead atoms. The van der Waals surface area contributed by atoms with Crippen LogP contribution in [-0.4, -0.2) is 44.2 Å². The summed E-state index contributed by atoms with van der Waals surface area (Å²) in [5.74, 6) is -0.889. The van der Waals surface area contributed by atoms with Crippen molar-refractivity contribution in [3.8, 4) is 0 Å². The fourth-order valence-electron chi connectivity index (χ4n) is 1.54. The second-order valence-corrected chi connectivity index (χ2v) is 5.74. The summed E-state index contributed by atoms with van der Waals surface area (Å²) in [5.41, 5.74) is 0. The van der Waals surface area contributed by atoms with Crippen molar-refractivity contribution in [2.75, 3.05) is 18.6 Å². The van der Waals surface area contributed by atoms with Crippen LogP contribution in [0.15, 0.2) is 0 Å². The Morgan fingerprint density at radius 2 is 2.21 bits per heavy atom. The Balaban J connectivity index is 2.54. The van der Waals surface area contributed by atoms with Gasteiger partial charge in [0, 0.05) is 0 Å². The van der Waals surface area contributed by atoms with Crippen LogP contribution >= 0.6 is 0 Å². The van der Waals surface area contributed by atoms with E-state index in [-0.39, 0.29) is 23.8 Å². The van der Waals surface area contributed by atoms with E-state index in [0.717, 1.165) is 0 Å². The lowest BCUT2D eigenvalue weighted by Crippen LogP contribution is -2.38. The highest BCUT2D eigenvalue weighted by Gasteiger charge is 2.33. The van der Waals surface area contributed by atoms with Gasteiger partial charge < -0.3 is 9.84 Å². The number of hydrogen-bond acceptors (Lipinski definition) is 5. The number of rotatable bonds is 2. The molecule has 14 heavy (non-hydrogen) atoms. The van der Waals surface area contributed by atoms with Gasteiger partial charge in [-0.3, -0.25) is 4.79 Å². The van der Waals surface area contributed by atoms with Gasteiger partial charge >= 0.3 is 5.97 Å². The number of ether oxygens (including phenoxy) is 1. The van der Waals surface area contributed by atoms with Crippen molar-refractivity contribution >= 4 is 15.8 Å². The predicted molar refractivity (Wildman–Crippen MR) is 49.4 cm³/mol. The number of hydrogen-bond donors (Lipinski definition) is 1. The van der Waals surface area contributed by atoms with Crippen LogP contribution < -0.4 is 0 Å². The third-order valence-corrected chi connectivity index (χ3v) is 4.13. The minimum Gasteiger partial charge on any atom is -0.469 e. The number of carbonyl (C=O) groups is 1. The summed E-state index contributed by atoms with van der Waals surface area (Å²) in [4.78, 5) is 10.9. The summed E-state index contributed by atoms with van der Waals surface area (Å²) in [6.07, 6.45) is -0.515. The lowest BCUT2D eigenvalue weighted by molar-refractivity contribution is -0.142. The molecule has 82 valence electrons. The molecule has 6 heteroatoms. The van der Waals surface area contributed by atoms with E-state index in [1.54, 1.807) is 0 Å². The van der Waals surface area contributed by atoms with E-state index in [1.165, 1.54) is 7.11 Å². The maximum absolute atomic E-state index is 11.1. The number of aliphatic hydroxyl groups excluding tert-OH is 1. The van der Waals surface area contributed by atoms with Gasteiger partial charge in [0.25, 0.3) is 0 Å². The topological polar surface area (TPSA) is 80.7 Å². The number of methoxy groups -OCH3 is 1. The second-order valence-electron chi connectivity index (χ2n) is 3.51. The Hall–Kier alpha value is -0.620. The molecule has 0 saturated carbocycles. The van der Waals surface area contributed by atoms with E-state index >= 15 is 0 Å². The molecule has 1 aliphatic heterocycles. The van der Waals surface area contributed by atoms with Crippen LogP contribution in [0, 0.1) is 5.92 Å². The molecule has 1 rings (SSSR count). The van der Waals surface area contributed by atoms with Crippen LogP contribution in [-0.2, 0) is 19.4 Å². The van der Waals surface area contributed by atoms with Gasteiger partial charge in [-0.25, -0.2) is 8.42 Å². The zero-order valence-electron chi connectivity index (χ0n) is 7.97. The molecular formula is C8H14O5S. The average Bonchev–Trinajstić information content (AvgIpc) is 2.09. The molecule has 0 aromatic heterocycles. The van der Waals surface area contributed by atoms with Gasteiger partial charge in [-0.1, -0.05) is 0 Å². The Labute approximate surface area is 83.0 Å². The fraction of sp³-hybridized carbons (Fsp3) is 0.875. The quantitative estimate of drug-likeness (QED) is 0.628. The molecule has 0 radical (unpaired) electrons. The summed E-state index contributed by atoms with van der Waals surface area (Å²) in [5, 5.41) is 9.46. The van der Waals surface area contributed by atoms with E-state index in [9.17, 15) is 18.3 Å². The van der Waals surface area contributed by atoms with Crippen molar-refractivity contribution in [3.63, 3.8) is 0 Å². The molecule has 2 atom stereocenters. The first kappa shape index (κ1) is 11.5. The zero-order valence-corrected chi connectivity index (χ0v) is 8.79. The third-order valence-electron chi connectivity index (χ3n) is 2.43. The summed E-state index contributed by atoms with van der Waals surface area (Å²) in [7, 11) is -1.84. The van der Waals surface area contributed by atoms with Crippen LogP contribution in [0.25, 0.3) is 0 Å². The SMILES string of the molecule is COC(=O)C[C@H]1CCS(=O)(=O)C[C@H]1O. The molecule has 0 unspecified atom stereocenters. The predicted octanol–water partition coefficient (Wildman–Crippen LogP) is -0.655. The molecular weight excluding hydrogens is 208 g/mol. The minimum atomic E-state index is -3.11. The van der Waals surface area contributed by atoms with Gasteiger partial charge in [-0.05, 0) is 12.3 Å². The Morgan fingerprint density at radius 1 is 1.57 bits per heavy atom. The molecule has 5 nitrogen and oxygen atoms in total. The van der Waals surface area contributed by atoms with Crippen LogP contribution in [0.3, 0.4) is 0 Å². The highest BCUT2D eigenvalue weighted by molar-refractivity contribution is 7.91. The monoisotopic (exact) mass is 222 g/mol. The molecule has 0 aromatic carbocycles. The van der Waals surface area contributed by atoms with Crippen molar-refractivity contribution in [1.82, 2.24) is 0 Å². The standard InChI is InChI=1S/C8H14O5S/c1-13-8(10)4-6-2-3-14(11,12)5-7(6)9/h6-7,9H,2-5H2,1H3/t6-,7-/m1/s1. The van der Waals surface area contributed by atoms with Crippen LogP contribution in [0.4, 0.5) is 0 Å². The van der Waals surface area contributed by atoms with Crippen LogP contribution in [0.5, 0.6) is 0 Å². The summed E-state index contributed by atoms with van der Waals surface area (Å²) in [6.45, 7) is 0. The lowest BCUT2D eigenvalue weighted by Gasteiger charge is -2.26. The first-order chi connectivity index (χ1) is 6.44. The third kappa shape index (κ3) is 2.95. The number of carbonyl (C=O) groups excluding carboxylic acids is 1. The van der Waals surface area contributed by atoms with Gasteiger partial charge in [-0.2, -0.15) is 0 Å². The van der Waals surface area contributed by atoms with Crippen molar-refractivity contribution in [1.29, 1.82) is 0 Å². The van der Waals surface area contributed by atoms with Crippen molar-refractivity contribution in [2.24, 2.45) is 5.92 Å². The Kier molecular flexibility index (Phi) is 3.49. The Bertz CT molecular complexity index is 308. The molecule has 1 aliphatic rings. The van der Waals surface area contributed by atoms with E-state index in [4.69, 9.17) is 0 Å². The summed E-state index contributed by atoms with van der Waals surface area (Å²) >= 11 is 0. The highest BCUT2D eigenvalue weighted by Crippen LogP contribution is 2.22. The van der Waals surface area contributed by atoms with Crippen LogP contribution in [0.2, 0.25) is 0 Å². The molecule has 1 saturated heterocycles. The first-order valence-electron chi connectivity index (χ1n) is 4.40. The number of aliphatic hydroxyl groups is 1. The van der Waals surface area contributed by atoms with Gasteiger partial charge in [0.05, 0.1) is 31.1 Å². The highest BCUT2D eigenvalue weighted by atomic mass is 32.2. The zero-order chi connectivity index (χ0) is 10.8. The van der Waals surface area contributed by atoms with Crippen molar-refractivity contribution < 1.29 is 23.1 Å². The first-order valence-corrected chi connectivity index (χ1v) is 6.22. The normalized spacial score (nSPS) is 31.0. The molecule has 1 fully saturated rings. The van der Waals surface area contributed by atoms with Crippen LogP contribution in [0.1, 0.15) is 12.8 Å². The van der Waals surface area contributed by atoms with E-state index in [0.29, 0.717) is 6.42 Å². The lowest BCUT2D eigenvalue weighted by atomic mass is 9.96. The molecule has 0 spiro atoms. The minimum absolute atomic E-state index is 0.0473. The van der Waals surface area contributed by atoms with E-state index in [1.807, 2.05) is 0 Å². The number of esters is 1. The molecule has 0 aliphatic carbocycles. The second kappa shape index (κ2) is 4.27. The number of sulfone groups is 1. The average molecular weight is 222 g/mol. The molecule has 1 heterocycles. The van der Waals surface area contributed by atoms with Crippen molar-refractivity contribution in [3.05, 3.63) is 0 Å².